The molecule has 0 fully saturated rings. The number of anilines is 2. The predicted octanol–water partition coefficient (Wildman–Crippen LogP) is 8.12. The second-order valence-corrected chi connectivity index (χ2v) is 9.21. The molecule has 0 aliphatic carbocycles. The number of hydrazine groups is 1. The van der Waals surface area contributed by atoms with Crippen LogP contribution in [0.4, 0.5) is 11.4 Å². The average molecular weight is 462 g/mol. The minimum Gasteiger partial charge on any atom is -0.335 e. The minimum absolute atomic E-state index is 0.0893. The van der Waals surface area contributed by atoms with Gasteiger partial charge in [0.25, 0.3) is 0 Å². The summed E-state index contributed by atoms with van der Waals surface area (Å²) in [6.45, 7) is 6.41. The van der Waals surface area contributed by atoms with Gasteiger partial charge in [-0.1, -0.05) is 91.6 Å². The van der Waals surface area contributed by atoms with Gasteiger partial charge in [-0.05, 0) is 30.7 Å². The van der Waals surface area contributed by atoms with E-state index < -0.39 is 0 Å². The summed E-state index contributed by atoms with van der Waals surface area (Å²) >= 11 is 1.83. The fourth-order valence-electron chi connectivity index (χ4n) is 4.51. The number of hydrogen-bond donors (Lipinski definition) is 2. The summed E-state index contributed by atoms with van der Waals surface area (Å²) in [5, 5.41) is 2.54. The van der Waals surface area contributed by atoms with Crippen molar-refractivity contribution >= 4 is 48.5 Å². The fraction of sp³-hybridized carbons (Fsp3) is 0.0667. The molecule has 0 spiro atoms. The van der Waals surface area contributed by atoms with Crippen LogP contribution in [0.1, 0.15) is 24.1 Å². The summed E-state index contributed by atoms with van der Waals surface area (Å²) in [6, 6.07) is 21.2. The molecule has 0 radical (unpaired) electrons. The molecule has 3 nitrogen and oxygen atoms in total. The van der Waals surface area contributed by atoms with Crippen LogP contribution in [-0.2, 0) is 0 Å². The first-order valence-corrected chi connectivity index (χ1v) is 12.2. The van der Waals surface area contributed by atoms with Gasteiger partial charge in [-0.25, -0.2) is 0 Å². The first-order valence-electron chi connectivity index (χ1n) is 11.3. The maximum Gasteiger partial charge on any atom is 0.0793 e. The van der Waals surface area contributed by atoms with Crippen molar-refractivity contribution in [2.24, 2.45) is 5.84 Å². The summed E-state index contributed by atoms with van der Waals surface area (Å²) in [5.74, 6) is 5.94. The van der Waals surface area contributed by atoms with Gasteiger partial charge in [0.05, 0.1) is 22.1 Å². The van der Waals surface area contributed by atoms with Crippen LogP contribution in [0, 0.1) is 0 Å². The maximum atomic E-state index is 5.94. The second kappa shape index (κ2) is 9.56. The molecule has 0 saturated heterocycles. The predicted molar refractivity (Wildman–Crippen MR) is 150 cm³/mol. The summed E-state index contributed by atoms with van der Waals surface area (Å²) in [5.41, 5.74) is 8.16. The minimum atomic E-state index is -0.0893. The summed E-state index contributed by atoms with van der Waals surface area (Å²) in [6.07, 6.45) is 16.8. The van der Waals surface area contributed by atoms with Crippen LogP contribution in [0.5, 0.6) is 0 Å². The highest BCUT2D eigenvalue weighted by atomic mass is 32.1. The normalized spacial score (nSPS) is 16.6. The largest absolute Gasteiger partial charge is 0.335 e. The number of para-hydroxylation sites is 1. The number of allylic oxidation sites excluding steroid dienone is 7. The number of thiophene rings is 1. The zero-order chi connectivity index (χ0) is 23.5. The van der Waals surface area contributed by atoms with Crippen molar-refractivity contribution in [1.29, 1.82) is 0 Å². The quantitative estimate of drug-likeness (QED) is 0.179. The van der Waals surface area contributed by atoms with E-state index in [2.05, 4.69) is 102 Å². The third kappa shape index (κ3) is 3.87. The van der Waals surface area contributed by atoms with Crippen molar-refractivity contribution in [2.75, 3.05) is 10.3 Å². The Morgan fingerprint density at radius 1 is 0.971 bits per heavy atom. The molecule has 3 aromatic carbocycles. The first kappa shape index (κ1) is 22.0. The molecule has 1 atom stereocenters. The zero-order valence-corrected chi connectivity index (χ0v) is 19.9. The first-order chi connectivity index (χ1) is 16.7. The molecule has 2 heterocycles. The number of rotatable bonds is 5. The molecule has 34 heavy (non-hydrogen) atoms. The molecule has 1 unspecified atom stereocenters. The third-order valence-corrected chi connectivity index (χ3v) is 7.30. The monoisotopic (exact) mass is 461 g/mol. The van der Waals surface area contributed by atoms with Crippen LogP contribution in [0.15, 0.2) is 116 Å². The van der Waals surface area contributed by atoms with E-state index in [9.17, 15) is 0 Å². The van der Waals surface area contributed by atoms with Crippen molar-refractivity contribution in [2.45, 2.75) is 13.0 Å². The van der Waals surface area contributed by atoms with Crippen molar-refractivity contribution in [3.05, 3.63) is 127 Å². The maximum absolute atomic E-state index is 5.94. The molecule has 0 bridgehead atoms. The lowest BCUT2D eigenvalue weighted by Crippen LogP contribution is -2.25. The molecule has 168 valence electrons. The number of fused-ring (bicyclic) bond motifs is 5. The SMILES string of the molecule is C=C1/C=C\C=C/N(C(/C=C\C=C/C)c2ccccc2NN)c2c1ccc1c2sc2ccccc21. The van der Waals surface area contributed by atoms with Gasteiger partial charge in [0.15, 0.2) is 0 Å². The lowest BCUT2D eigenvalue weighted by Gasteiger charge is -2.33. The lowest BCUT2D eigenvalue weighted by molar-refractivity contribution is 0.846. The van der Waals surface area contributed by atoms with Crippen molar-refractivity contribution in [3.63, 3.8) is 0 Å². The topological polar surface area (TPSA) is 41.3 Å². The molecule has 5 rings (SSSR count). The molecular formula is C30H27N3S. The fourth-order valence-corrected chi connectivity index (χ4v) is 5.77. The number of nitrogens with two attached hydrogens (primary N) is 1. The Hall–Kier alpha value is -3.86. The zero-order valence-electron chi connectivity index (χ0n) is 19.1. The standard InChI is InChI=1S/C30H27N3S/c1-3-4-5-16-27(25-14-6-8-15-26(25)32-31)33-20-11-10-12-21(2)22-18-19-24-23-13-7-9-17-28(23)34-30(24)29(22)33/h3-20,27,32H,2,31H2,1H3/b4-3-,12-10-,16-5-,20-11-. The van der Waals surface area contributed by atoms with Crippen molar-refractivity contribution in [1.82, 2.24) is 0 Å². The van der Waals surface area contributed by atoms with E-state index >= 15 is 0 Å². The summed E-state index contributed by atoms with van der Waals surface area (Å²) in [7, 11) is 0. The highest BCUT2D eigenvalue weighted by Gasteiger charge is 2.25. The van der Waals surface area contributed by atoms with Crippen molar-refractivity contribution < 1.29 is 0 Å². The molecular weight excluding hydrogens is 434 g/mol. The Balaban J connectivity index is 1.83. The molecule has 1 aliphatic heterocycles. The highest BCUT2D eigenvalue weighted by Crippen LogP contribution is 2.46. The molecule has 0 amide bonds. The van der Waals surface area contributed by atoms with Gasteiger partial charge < -0.3 is 10.3 Å². The van der Waals surface area contributed by atoms with Gasteiger partial charge in [0.2, 0.25) is 0 Å². The molecule has 4 heteroatoms. The molecule has 1 aromatic heterocycles. The van der Waals surface area contributed by atoms with Crippen LogP contribution in [0.3, 0.4) is 0 Å². The lowest BCUT2D eigenvalue weighted by atomic mass is 9.96. The van der Waals surface area contributed by atoms with Gasteiger partial charge in [0.1, 0.15) is 0 Å². The van der Waals surface area contributed by atoms with Gasteiger partial charge in [-0.2, -0.15) is 0 Å². The summed E-state index contributed by atoms with van der Waals surface area (Å²) in [4.78, 5) is 2.35. The van der Waals surface area contributed by atoms with E-state index in [1.54, 1.807) is 0 Å². The van der Waals surface area contributed by atoms with Crippen LogP contribution in [-0.4, -0.2) is 0 Å². The number of hydrogen-bond acceptors (Lipinski definition) is 4. The third-order valence-electron chi connectivity index (χ3n) is 6.11. The Bertz CT molecular complexity index is 1490. The van der Waals surface area contributed by atoms with Gasteiger partial charge >= 0.3 is 0 Å². The van der Waals surface area contributed by atoms with Crippen LogP contribution < -0.4 is 16.2 Å². The van der Waals surface area contributed by atoms with E-state index in [0.717, 1.165) is 28.1 Å². The number of nitrogens with one attached hydrogen (secondary N) is 1. The molecule has 4 aromatic rings. The van der Waals surface area contributed by atoms with Gasteiger partial charge in [0, 0.05) is 32.8 Å². The van der Waals surface area contributed by atoms with Crippen LogP contribution >= 0.6 is 11.3 Å². The second-order valence-electron chi connectivity index (χ2n) is 8.16. The molecule has 1 aliphatic rings. The number of nitrogen functional groups attached to an aromatic ring is 1. The van der Waals surface area contributed by atoms with E-state index in [1.165, 1.54) is 20.2 Å². The summed E-state index contributed by atoms with van der Waals surface area (Å²) < 4.78 is 2.53. The van der Waals surface area contributed by atoms with Crippen LogP contribution in [0.2, 0.25) is 0 Å². The Morgan fingerprint density at radius 3 is 2.65 bits per heavy atom. The molecule has 3 N–H and O–H groups in total. The van der Waals surface area contributed by atoms with Crippen molar-refractivity contribution in [3.8, 4) is 0 Å². The average Bonchev–Trinajstić information content (AvgIpc) is 3.24. The Morgan fingerprint density at radius 2 is 1.79 bits per heavy atom. The van der Waals surface area contributed by atoms with Gasteiger partial charge in [-0.15, -0.1) is 11.3 Å². The van der Waals surface area contributed by atoms with Gasteiger partial charge in [-0.3, -0.25) is 5.84 Å². The van der Waals surface area contributed by atoms with E-state index in [0.29, 0.717) is 0 Å². The molecule has 0 saturated carbocycles. The number of nitrogens with zero attached hydrogens (tertiary/aromatic N) is 1. The van der Waals surface area contributed by atoms with E-state index in [4.69, 9.17) is 5.84 Å². The Labute approximate surface area is 204 Å². The smallest absolute Gasteiger partial charge is 0.0793 e. The van der Waals surface area contributed by atoms with E-state index in [1.807, 2.05) is 42.5 Å². The van der Waals surface area contributed by atoms with Crippen LogP contribution in [0.25, 0.3) is 25.7 Å². The van der Waals surface area contributed by atoms with E-state index in [-0.39, 0.29) is 6.04 Å². The Kier molecular flexibility index (Phi) is 6.17. The number of benzene rings is 3. The highest BCUT2D eigenvalue weighted by molar-refractivity contribution is 7.26.